The van der Waals surface area contributed by atoms with E-state index in [0.717, 1.165) is 48.8 Å². The standard InChI is InChI=1S/C26H30N2O6/c1-14-8-26(25(32)28(14)18-7-23(30)33-12-18)9-16-3-4-17(10-26)27(16)11-22(29)19-5-6-20-21(15(19)2)13-34-24(20)31/h5-7,14,16-17,22,29H,3-4,8-13H2,1-2H3/t14?,16-,17+,22-,26?/m0/s1. The molecule has 180 valence electrons. The maximum absolute atomic E-state index is 13.6. The molecule has 5 atom stereocenters. The van der Waals surface area contributed by atoms with Crippen LogP contribution in [-0.4, -0.2) is 64.0 Å². The van der Waals surface area contributed by atoms with Gasteiger partial charge in [0.25, 0.3) is 0 Å². The van der Waals surface area contributed by atoms with Gasteiger partial charge in [0.05, 0.1) is 22.8 Å². The lowest BCUT2D eigenvalue weighted by molar-refractivity contribution is -0.140. The summed E-state index contributed by atoms with van der Waals surface area (Å²) in [5, 5.41) is 11.2. The van der Waals surface area contributed by atoms with Crippen molar-refractivity contribution >= 4 is 17.8 Å². The van der Waals surface area contributed by atoms with Crippen molar-refractivity contribution in [2.45, 2.75) is 76.8 Å². The van der Waals surface area contributed by atoms with E-state index in [1.165, 1.54) is 6.08 Å². The average molecular weight is 467 g/mol. The number of hydrogen-bond acceptors (Lipinski definition) is 7. The average Bonchev–Trinajstić information content (AvgIpc) is 3.50. The second-order valence-corrected chi connectivity index (χ2v) is 10.6. The summed E-state index contributed by atoms with van der Waals surface area (Å²) in [5.74, 6) is -0.550. The summed E-state index contributed by atoms with van der Waals surface area (Å²) < 4.78 is 10.2. The lowest BCUT2D eigenvalue weighted by Crippen LogP contribution is -2.51. The van der Waals surface area contributed by atoms with Gasteiger partial charge in [0.15, 0.2) is 0 Å². The smallest absolute Gasteiger partial charge is 0.338 e. The molecule has 1 N–H and O–H groups in total. The molecular weight excluding hydrogens is 436 g/mol. The molecule has 1 amide bonds. The molecule has 8 nitrogen and oxygen atoms in total. The fourth-order valence-corrected chi connectivity index (χ4v) is 7.22. The van der Waals surface area contributed by atoms with Crippen LogP contribution in [0.15, 0.2) is 23.9 Å². The van der Waals surface area contributed by atoms with Crippen molar-refractivity contribution in [2.24, 2.45) is 5.41 Å². The minimum absolute atomic E-state index is 0.0452. The normalized spacial score (nSPS) is 33.4. The van der Waals surface area contributed by atoms with E-state index < -0.39 is 11.5 Å². The van der Waals surface area contributed by atoms with Gasteiger partial charge in [0.1, 0.15) is 13.2 Å². The van der Waals surface area contributed by atoms with Crippen molar-refractivity contribution in [3.8, 4) is 0 Å². The van der Waals surface area contributed by atoms with Crippen LogP contribution in [0.25, 0.3) is 0 Å². The van der Waals surface area contributed by atoms with Gasteiger partial charge in [-0.05, 0) is 63.1 Å². The number of likely N-dealkylation sites (tertiary alicyclic amines) is 1. The molecule has 6 rings (SSSR count). The number of cyclic esters (lactones) is 2. The largest absolute Gasteiger partial charge is 0.457 e. The third-order valence-corrected chi connectivity index (χ3v) is 8.73. The van der Waals surface area contributed by atoms with Crippen LogP contribution in [0.4, 0.5) is 0 Å². The molecule has 5 aliphatic heterocycles. The predicted molar refractivity (Wildman–Crippen MR) is 120 cm³/mol. The van der Waals surface area contributed by atoms with Gasteiger partial charge in [-0.15, -0.1) is 0 Å². The molecule has 2 bridgehead atoms. The molecular formula is C26H30N2O6. The van der Waals surface area contributed by atoms with Crippen molar-refractivity contribution in [1.82, 2.24) is 9.80 Å². The highest BCUT2D eigenvalue weighted by molar-refractivity contribution is 5.94. The Balaban J connectivity index is 1.19. The molecule has 0 radical (unpaired) electrons. The van der Waals surface area contributed by atoms with E-state index >= 15 is 0 Å². The Labute approximate surface area is 198 Å². The third-order valence-electron chi connectivity index (χ3n) is 8.73. The number of carbonyl (C=O) groups is 3. The number of fused-ring (bicyclic) bond motifs is 3. The van der Waals surface area contributed by atoms with Crippen molar-refractivity contribution < 1.29 is 29.0 Å². The van der Waals surface area contributed by atoms with Gasteiger partial charge >= 0.3 is 11.9 Å². The predicted octanol–water partition coefficient (Wildman–Crippen LogP) is 2.37. The molecule has 3 fully saturated rings. The highest BCUT2D eigenvalue weighted by atomic mass is 16.5. The second kappa shape index (κ2) is 7.65. The van der Waals surface area contributed by atoms with E-state index in [4.69, 9.17) is 9.47 Å². The Morgan fingerprint density at radius 2 is 1.82 bits per heavy atom. The number of amides is 1. The van der Waals surface area contributed by atoms with Gasteiger partial charge in [-0.3, -0.25) is 9.69 Å². The van der Waals surface area contributed by atoms with E-state index in [0.29, 0.717) is 17.8 Å². The van der Waals surface area contributed by atoms with Crippen LogP contribution in [0.3, 0.4) is 0 Å². The van der Waals surface area contributed by atoms with Gasteiger partial charge in [-0.1, -0.05) is 6.07 Å². The van der Waals surface area contributed by atoms with Crippen molar-refractivity contribution in [1.29, 1.82) is 0 Å². The fourth-order valence-electron chi connectivity index (χ4n) is 7.22. The minimum Gasteiger partial charge on any atom is -0.457 e. The summed E-state index contributed by atoms with van der Waals surface area (Å²) >= 11 is 0. The van der Waals surface area contributed by atoms with Crippen molar-refractivity contribution in [3.63, 3.8) is 0 Å². The fraction of sp³-hybridized carbons (Fsp3) is 0.577. The zero-order valence-corrected chi connectivity index (χ0v) is 19.6. The number of esters is 2. The molecule has 2 unspecified atom stereocenters. The van der Waals surface area contributed by atoms with Crippen LogP contribution in [0.2, 0.25) is 0 Å². The Bertz CT molecular complexity index is 1110. The number of hydrogen-bond donors (Lipinski definition) is 1. The topological polar surface area (TPSA) is 96.4 Å². The van der Waals surface area contributed by atoms with Crippen LogP contribution < -0.4 is 0 Å². The summed E-state index contributed by atoms with van der Waals surface area (Å²) in [7, 11) is 0. The molecule has 0 saturated carbocycles. The Hall–Kier alpha value is -2.71. The number of aliphatic hydroxyl groups is 1. The molecule has 1 spiro atoms. The van der Waals surface area contributed by atoms with E-state index in [9.17, 15) is 19.5 Å². The van der Waals surface area contributed by atoms with Crippen molar-refractivity contribution in [3.05, 3.63) is 46.2 Å². The molecule has 5 aliphatic rings. The van der Waals surface area contributed by atoms with Crippen LogP contribution >= 0.6 is 0 Å². The highest BCUT2D eigenvalue weighted by Gasteiger charge is 2.58. The Morgan fingerprint density at radius 1 is 1.09 bits per heavy atom. The van der Waals surface area contributed by atoms with Gasteiger partial charge in [-0.25, -0.2) is 9.59 Å². The van der Waals surface area contributed by atoms with E-state index in [1.807, 2.05) is 13.0 Å². The van der Waals surface area contributed by atoms with E-state index in [1.54, 1.807) is 11.0 Å². The molecule has 1 aromatic rings. The molecule has 8 heteroatoms. The number of aliphatic hydroxyl groups excluding tert-OH is 1. The second-order valence-electron chi connectivity index (χ2n) is 10.6. The van der Waals surface area contributed by atoms with Gasteiger partial charge in [-0.2, -0.15) is 0 Å². The summed E-state index contributed by atoms with van der Waals surface area (Å²) in [6.07, 6.45) is 5.18. The molecule has 34 heavy (non-hydrogen) atoms. The number of nitrogens with zero attached hydrogens (tertiary/aromatic N) is 2. The first-order valence-corrected chi connectivity index (χ1v) is 12.2. The number of rotatable bonds is 4. The zero-order valence-electron chi connectivity index (χ0n) is 19.6. The van der Waals surface area contributed by atoms with Crippen LogP contribution in [0.1, 0.15) is 72.2 Å². The lowest BCUT2D eigenvalue weighted by atomic mass is 9.72. The molecule has 5 heterocycles. The summed E-state index contributed by atoms with van der Waals surface area (Å²) in [6.45, 7) is 4.95. The van der Waals surface area contributed by atoms with Crippen LogP contribution in [-0.2, 0) is 25.7 Å². The van der Waals surface area contributed by atoms with E-state index in [2.05, 4.69) is 11.8 Å². The SMILES string of the molecule is Cc1c([C@@H](O)CN2[C@@H]3CC[C@H]2CC2(CC(C)N(C4=CC(=O)OC4)C2=O)C3)ccc2c1COC2=O. The highest BCUT2D eigenvalue weighted by Crippen LogP contribution is 2.53. The zero-order chi connectivity index (χ0) is 23.8. The first-order chi connectivity index (χ1) is 16.3. The number of piperidine rings is 1. The molecule has 0 aliphatic carbocycles. The number of carbonyl (C=O) groups excluding carboxylic acids is 3. The quantitative estimate of drug-likeness (QED) is 0.681. The van der Waals surface area contributed by atoms with Crippen LogP contribution in [0.5, 0.6) is 0 Å². The third kappa shape index (κ3) is 3.15. The molecule has 3 saturated heterocycles. The van der Waals surface area contributed by atoms with Crippen molar-refractivity contribution in [2.75, 3.05) is 13.2 Å². The van der Waals surface area contributed by atoms with E-state index in [-0.39, 0.29) is 49.2 Å². The monoisotopic (exact) mass is 466 g/mol. The first-order valence-electron chi connectivity index (χ1n) is 12.2. The first kappa shape index (κ1) is 21.8. The summed E-state index contributed by atoms with van der Waals surface area (Å²) in [5.41, 5.74) is 3.51. The number of ether oxygens (including phenoxy) is 2. The van der Waals surface area contributed by atoms with Gasteiger partial charge < -0.3 is 19.5 Å². The Kier molecular flexibility index (Phi) is 4.90. The maximum Gasteiger partial charge on any atom is 0.338 e. The van der Waals surface area contributed by atoms with Gasteiger partial charge in [0.2, 0.25) is 5.91 Å². The molecule has 1 aromatic carbocycles. The number of benzene rings is 1. The maximum atomic E-state index is 13.6. The minimum atomic E-state index is -0.667. The summed E-state index contributed by atoms with van der Waals surface area (Å²) in [6, 6.07) is 4.15. The lowest BCUT2D eigenvalue weighted by Gasteiger charge is -2.44. The summed E-state index contributed by atoms with van der Waals surface area (Å²) in [4.78, 5) is 41.3. The van der Waals surface area contributed by atoms with Crippen LogP contribution in [0, 0.1) is 12.3 Å². The van der Waals surface area contributed by atoms with Gasteiger partial charge in [0, 0.05) is 36.3 Å². The Morgan fingerprint density at radius 3 is 2.50 bits per heavy atom. The molecule has 0 aromatic heterocycles.